The van der Waals surface area contributed by atoms with Crippen LogP contribution in [-0.4, -0.2) is 15.8 Å². The third kappa shape index (κ3) is 2.18. The van der Waals surface area contributed by atoms with Gasteiger partial charge in [0.25, 0.3) is 0 Å². The molecule has 1 heterocycles. The molecule has 0 saturated heterocycles. The molecule has 3 heteroatoms. The predicted molar refractivity (Wildman–Crippen MR) is 44.3 cm³/mol. The average Bonchev–Trinajstić information content (AvgIpc) is 2.39. The molecule has 0 bridgehead atoms. The van der Waals surface area contributed by atoms with Crippen LogP contribution in [0.25, 0.3) is 0 Å². The summed E-state index contributed by atoms with van der Waals surface area (Å²) in [6, 6.07) is 0. The van der Waals surface area contributed by atoms with Gasteiger partial charge in [-0.1, -0.05) is 13.8 Å². The van der Waals surface area contributed by atoms with E-state index in [0.717, 1.165) is 5.82 Å². The molecule has 3 nitrogen and oxygen atoms in total. The molecule has 62 valence electrons. The molecule has 0 unspecified atom stereocenters. The standard InChI is InChI=1S/C8H12N2O.H2/c1-6(2)7(11)5-8-9-3-4-10-8;/h3-4,6H,5H2,1-2H3,(H,9,10);1H. The van der Waals surface area contributed by atoms with Gasteiger partial charge in [-0.3, -0.25) is 4.79 Å². The van der Waals surface area contributed by atoms with Crippen LogP contribution in [0.3, 0.4) is 0 Å². The van der Waals surface area contributed by atoms with Crippen LogP contribution < -0.4 is 0 Å². The van der Waals surface area contributed by atoms with Gasteiger partial charge < -0.3 is 4.98 Å². The van der Waals surface area contributed by atoms with Crippen molar-refractivity contribution in [3.05, 3.63) is 18.2 Å². The molecule has 11 heavy (non-hydrogen) atoms. The SMILES string of the molecule is CC(C)C(=O)Cc1ncc[nH]1.[HH]. The molecule has 0 radical (unpaired) electrons. The molecule has 0 fully saturated rings. The minimum absolute atomic E-state index is 0. The second-order valence-corrected chi connectivity index (χ2v) is 2.83. The maximum atomic E-state index is 11.2. The number of nitrogens with one attached hydrogen (secondary N) is 1. The number of carbonyl (C=O) groups is 1. The molecule has 0 amide bonds. The van der Waals surface area contributed by atoms with Gasteiger partial charge in [-0.05, 0) is 0 Å². The van der Waals surface area contributed by atoms with Crippen molar-refractivity contribution in [2.45, 2.75) is 20.3 Å². The Bertz CT molecular complexity index is 231. The fourth-order valence-corrected chi connectivity index (χ4v) is 0.764. The lowest BCUT2D eigenvalue weighted by Gasteiger charge is -1.99. The van der Waals surface area contributed by atoms with Crippen molar-refractivity contribution < 1.29 is 6.22 Å². The van der Waals surface area contributed by atoms with Crippen molar-refractivity contribution >= 4 is 5.78 Å². The largest absolute Gasteiger partial charge is 0.348 e. The van der Waals surface area contributed by atoms with E-state index < -0.39 is 0 Å². The Kier molecular flexibility index (Phi) is 2.41. The number of hydrogen-bond donors (Lipinski definition) is 1. The van der Waals surface area contributed by atoms with E-state index >= 15 is 0 Å². The van der Waals surface area contributed by atoms with Crippen molar-refractivity contribution in [3.63, 3.8) is 0 Å². The number of rotatable bonds is 3. The summed E-state index contributed by atoms with van der Waals surface area (Å²) < 4.78 is 0. The van der Waals surface area contributed by atoms with Crippen LogP contribution in [-0.2, 0) is 11.2 Å². The number of ketones is 1. The minimum atomic E-state index is 0. The van der Waals surface area contributed by atoms with Crippen LogP contribution in [0.2, 0.25) is 0 Å². The summed E-state index contributed by atoms with van der Waals surface area (Å²) in [5.41, 5.74) is 0. The lowest BCUT2D eigenvalue weighted by atomic mass is 10.1. The Hall–Kier alpha value is -1.12. The summed E-state index contributed by atoms with van der Waals surface area (Å²) >= 11 is 0. The van der Waals surface area contributed by atoms with Gasteiger partial charge in [0.2, 0.25) is 0 Å². The molecular formula is C8H14N2O. The fourth-order valence-electron chi connectivity index (χ4n) is 0.764. The first-order valence-electron chi connectivity index (χ1n) is 3.71. The lowest BCUT2D eigenvalue weighted by Crippen LogP contribution is -2.10. The van der Waals surface area contributed by atoms with Gasteiger partial charge in [0.05, 0.1) is 6.42 Å². The summed E-state index contributed by atoms with van der Waals surface area (Å²) in [7, 11) is 0. The normalized spacial score (nSPS) is 10.5. The summed E-state index contributed by atoms with van der Waals surface area (Å²) in [5.74, 6) is 1.07. The summed E-state index contributed by atoms with van der Waals surface area (Å²) in [4.78, 5) is 18.0. The summed E-state index contributed by atoms with van der Waals surface area (Å²) in [5, 5.41) is 0. The van der Waals surface area contributed by atoms with Crippen LogP contribution in [0.5, 0.6) is 0 Å². The number of hydrogen-bond acceptors (Lipinski definition) is 2. The van der Waals surface area contributed by atoms with Crippen LogP contribution in [0, 0.1) is 5.92 Å². The van der Waals surface area contributed by atoms with Crippen molar-refractivity contribution in [2.24, 2.45) is 5.92 Å². The van der Waals surface area contributed by atoms with Gasteiger partial charge in [0.1, 0.15) is 11.6 Å². The topological polar surface area (TPSA) is 45.8 Å². The van der Waals surface area contributed by atoms with E-state index in [2.05, 4.69) is 9.97 Å². The van der Waals surface area contributed by atoms with Crippen molar-refractivity contribution in [1.82, 2.24) is 9.97 Å². The van der Waals surface area contributed by atoms with Crippen molar-refractivity contribution in [1.29, 1.82) is 0 Å². The Morgan fingerprint density at radius 2 is 2.55 bits per heavy atom. The van der Waals surface area contributed by atoms with E-state index in [-0.39, 0.29) is 13.1 Å². The first kappa shape index (κ1) is 7.98. The third-order valence-corrected chi connectivity index (χ3v) is 1.54. The zero-order chi connectivity index (χ0) is 8.27. The van der Waals surface area contributed by atoms with Gasteiger partial charge >= 0.3 is 0 Å². The predicted octanol–water partition coefficient (Wildman–Crippen LogP) is 1.42. The Balaban J connectivity index is 0.00000121. The molecule has 0 aliphatic heterocycles. The Labute approximate surface area is 67.3 Å². The highest BCUT2D eigenvalue weighted by atomic mass is 16.1. The molecule has 0 aliphatic rings. The molecule has 0 aromatic carbocycles. The molecule has 0 saturated carbocycles. The smallest absolute Gasteiger partial charge is 0.142 e. The second-order valence-electron chi connectivity index (χ2n) is 2.83. The number of aromatic nitrogens is 2. The fraction of sp³-hybridized carbons (Fsp3) is 0.500. The maximum Gasteiger partial charge on any atom is 0.142 e. The molecular weight excluding hydrogens is 140 g/mol. The quantitative estimate of drug-likeness (QED) is 0.715. The second kappa shape index (κ2) is 3.32. The van der Waals surface area contributed by atoms with Gasteiger partial charge in [-0.25, -0.2) is 4.98 Å². The van der Waals surface area contributed by atoms with Gasteiger partial charge in [0, 0.05) is 19.7 Å². The van der Waals surface area contributed by atoms with Crippen molar-refractivity contribution in [2.75, 3.05) is 0 Å². The monoisotopic (exact) mass is 154 g/mol. The lowest BCUT2D eigenvalue weighted by molar-refractivity contribution is -0.121. The van der Waals surface area contributed by atoms with Gasteiger partial charge in [0.15, 0.2) is 0 Å². The van der Waals surface area contributed by atoms with Crippen LogP contribution in [0.15, 0.2) is 12.4 Å². The molecule has 0 spiro atoms. The van der Waals surface area contributed by atoms with E-state index in [1.54, 1.807) is 12.4 Å². The Morgan fingerprint density at radius 3 is 3.00 bits per heavy atom. The van der Waals surface area contributed by atoms with Crippen LogP contribution >= 0.6 is 0 Å². The number of Topliss-reactive ketones (excluding diaryl/α,β-unsaturated/α-hetero) is 1. The molecule has 1 rings (SSSR count). The number of aromatic amines is 1. The van der Waals surface area contributed by atoms with E-state index in [1.165, 1.54) is 0 Å². The van der Waals surface area contributed by atoms with E-state index in [9.17, 15) is 4.79 Å². The van der Waals surface area contributed by atoms with Crippen LogP contribution in [0.1, 0.15) is 21.1 Å². The van der Waals surface area contributed by atoms with E-state index in [4.69, 9.17) is 0 Å². The molecule has 0 atom stereocenters. The first-order chi connectivity index (χ1) is 5.20. The highest BCUT2D eigenvalue weighted by molar-refractivity contribution is 5.81. The highest BCUT2D eigenvalue weighted by Crippen LogP contribution is 1.99. The zero-order valence-corrected chi connectivity index (χ0v) is 6.79. The van der Waals surface area contributed by atoms with E-state index in [0.29, 0.717) is 6.42 Å². The number of carbonyl (C=O) groups excluding carboxylic acids is 1. The highest BCUT2D eigenvalue weighted by Gasteiger charge is 2.08. The van der Waals surface area contributed by atoms with E-state index in [1.807, 2.05) is 13.8 Å². The zero-order valence-electron chi connectivity index (χ0n) is 6.79. The van der Waals surface area contributed by atoms with Gasteiger partial charge in [-0.15, -0.1) is 0 Å². The maximum absolute atomic E-state index is 11.2. The molecule has 1 aromatic heterocycles. The number of nitrogens with zero attached hydrogens (tertiary/aromatic N) is 1. The van der Waals surface area contributed by atoms with Gasteiger partial charge in [-0.2, -0.15) is 0 Å². The molecule has 1 N–H and O–H groups in total. The van der Waals surface area contributed by atoms with Crippen LogP contribution in [0.4, 0.5) is 0 Å². The molecule has 0 aliphatic carbocycles. The average molecular weight is 154 g/mol. The number of imidazole rings is 1. The summed E-state index contributed by atoms with van der Waals surface area (Å²) in [6.45, 7) is 3.79. The number of H-pyrrole nitrogens is 1. The van der Waals surface area contributed by atoms with Crippen molar-refractivity contribution in [3.8, 4) is 0 Å². The molecule has 1 aromatic rings. The Morgan fingerprint density at radius 1 is 1.82 bits per heavy atom. The third-order valence-electron chi connectivity index (χ3n) is 1.54. The minimum Gasteiger partial charge on any atom is -0.348 e. The summed E-state index contributed by atoms with van der Waals surface area (Å²) in [6.07, 6.45) is 3.80. The first-order valence-corrected chi connectivity index (χ1v) is 3.71.